The summed E-state index contributed by atoms with van der Waals surface area (Å²) in [6.07, 6.45) is 1.34. The van der Waals surface area contributed by atoms with E-state index in [0.717, 1.165) is 11.1 Å². The lowest BCUT2D eigenvalue weighted by atomic mass is 9.86. The van der Waals surface area contributed by atoms with Gasteiger partial charge in [0.05, 0.1) is 5.60 Å². The Morgan fingerprint density at radius 2 is 2.07 bits per heavy atom. The summed E-state index contributed by atoms with van der Waals surface area (Å²) in [7, 11) is 0. The van der Waals surface area contributed by atoms with Gasteiger partial charge in [0.1, 0.15) is 0 Å². The number of benzene rings is 1. The molecule has 1 aliphatic heterocycles. The largest absolute Gasteiger partial charge is 0.385 e. The summed E-state index contributed by atoms with van der Waals surface area (Å²) in [4.78, 5) is 0. The van der Waals surface area contributed by atoms with Gasteiger partial charge in [-0.2, -0.15) is 0 Å². The first kappa shape index (κ1) is 10.6. The van der Waals surface area contributed by atoms with Gasteiger partial charge in [0, 0.05) is 32.6 Å². The van der Waals surface area contributed by atoms with Crippen LogP contribution < -0.4 is 5.73 Å². The molecular weight excluding hydrogens is 190 g/mol. The average Bonchev–Trinajstić information content (AvgIpc) is 2.30. The van der Waals surface area contributed by atoms with Crippen LogP contribution >= 0.6 is 0 Å². The van der Waals surface area contributed by atoms with Crippen molar-refractivity contribution in [3.05, 3.63) is 35.4 Å². The van der Waals surface area contributed by atoms with E-state index in [1.54, 1.807) is 0 Å². The maximum atomic E-state index is 10.4. The molecular formula is C12H17NO2. The lowest BCUT2D eigenvalue weighted by Gasteiger charge is -2.32. The van der Waals surface area contributed by atoms with Crippen molar-refractivity contribution in [2.24, 2.45) is 5.73 Å². The Hall–Kier alpha value is -0.900. The number of rotatable bonds is 2. The quantitative estimate of drug-likeness (QED) is 0.764. The third-order valence-corrected chi connectivity index (χ3v) is 3.02. The minimum atomic E-state index is -0.719. The topological polar surface area (TPSA) is 55.5 Å². The lowest BCUT2D eigenvalue weighted by Crippen LogP contribution is -2.33. The van der Waals surface area contributed by atoms with Crippen LogP contribution in [0.15, 0.2) is 24.3 Å². The number of hydrogen-bond donors (Lipinski definition) is 2. The van der Waals surface area contributed by atoms with Gasteiger partial charge < -0.3 is 15.6 Å². The van der Waals surface area contributed by atoms with Crippen molar-refractivity contribution >= 4 is 0 Å². The maximum Gasteiger partial charge on any atom is 0.0940 e. The van der Waals surface area contributed by atoms with Gasteiger partial charge in [0.15, 0.2) is 0 Å². The fourth-order valence-corrected chi connectivity index (χ4v) is 1.99. The van der Waals surface area contributed by atoms with E-state index in [1.165, 1.54) is 0 Å². The van der Waals surface area contributed by atoms with Crippen LogP contribution in [0.5, 0.6) is 0 Å². The van der Waals surface area contributed by atoms with Gasteiger partial charge in [0.2, 0.25) is 0 Å². The zero-order chi connectivity index (χ0) is 10.7. The molecule has 1 aromatic carbocycles. The molecule has 0 saturated carbocycles. The molecule has 3 nitrogen and oxygen atoms in total. The van der Waals surface area contributed by atoms with E-state index >= 15 is 0 Å². The molecule has 1 aromatic rings. The highest BCUT2D eigenvalue weighted by Crippen LogP contribution is 2.32. The highest BCUT2D eigenvalue weighted by molar-refractivity contribution is 5.28. The van der Waals surface area contributed by atoms with Crippen molar-refractivity contribution in [3.63, 3.8) is 0 Å². The Morgan fingerprint density at radius 3 is 2.73 bits per heavy atom. The number of nitrogens with two attached hydrogens (primary N) is 1. The molecule has 1 aliphatic rings. The maximum absolute atomic E-state index is 10.4. The molecule has 0 aliphatic carbocycles. The van der Waals surface area contributed by atoms with Crippen molar-refractivity contribution in [3.8, 4) is 0 Å². The molecule has 3 heteroatoms. The first-order valence-corrected chi connectivity index (χ1v) is 5.34. The average molecular weight is 207 g/mol. The summed E-state index contributed by atoms with van der Waals surface area (Å²) in [6.45, 7) is 1.77. The number of ether oxygens (including phenoxy) is 1. The second kappa shape index (κ2) is 4.31. The molecule has 82 valence electrons. The molecule has 2 rings (SSSR count). The number of aliphatic hydroxyl groups is 1. The van der Waals surface area contributed by atoms with Gasteiger partial charge in [-0.25, -0.2) is 0 Å². The predicted octanol–water partition coefficient (Wildman–Crippen LogP) is 1.14. The molecule has 0 amide bonds. The summed E-state index contributed by atoms with van der Waals surface area (Å²) < 4.78 is 5.26. The van der Waals surface area contributed by atoms with Gasteiger partial charge >= 0.3 is 0 Å². The minimum absolute atomic E-state index is 0.514. The van der Waals surface area contributed by atoms with E-state index in [1.807, 2.05) is 24.3 Å². The van der Waals surface area contributed by atoms with Crippen LogP contribution in [0.2, 0.25) is 0 Å². The third-order valence-electron chi connectivity index (χ3n) is 3.02. The Bertz CT molecular complexity index is 332. The Kier molecular flexibility index (Phi) is 3.05. The molecule has 0 atom stereocenters. The second-order valence-electron chi connectivity index (χ2n) is 4.05. The standard InChI is InChI=1S/C12H17NO2/c13-9-10-2-1-3-11(8-10)12(14)4-6-15-7-5-12/h1-3,8,14H,4-7,9,13H2. The van der Waals surface area contributed by atoms with E-state index in [2.05, 4.69) is 0 Å². The van der Waals surface area contributed by atoms with Crippen LogP contribution in [-0.2, 0) is 16.9 Å². The van der Waals surface area contributed by atoms with Gasteiger partial charge in [-0.05, 0) is 11.1 Å². The minimum Gasteiger partial charge on any atom is -0.385 e. The molecule has 1 saturated heterocycles. The zero-order valence-corrected chi connectivity index (χ0v) is 8.78. The first-order chi connectivity index (χ1) is 7.24. The summed E-state index contributed by atoms with van der Waals surface area (Å²) in [6, 6.07) is 7.88. The zero-order valence-electron chi connectivity index (χ0n) is 8.78. The van der Waals surface area contributed by atoms with E-state index in [-0.39, 0.29) is 0 Å². The highest BCUT2D eigenvalue weighted by atomic mass is 16.5. The first-order valence-electron chi connectivity index (χ1n) is 5.34. The van der Waals surface area contributed by atoms with Crippen LogP contribution in [0, 0.1) is 0 Å². The Labute approximate surface area is 89.9 Å². The predicted molar refractivity (Wildman–Crippen MR) is 58.3 cm³/mol. The Balaban J connectivity index is 2.26. The van der Waals surface area contributed by atoms with E-state index < -0.39 is 5.60 Å². The molecule has 1 fully saturated rings. The fraction of sp³-hybridized carbons (Fsp3) is 0.500. The highest BCUT2D eigenvalue weighted by Gasteiger charge is 2.31. The molecule has 0 spiro atoms. The van der Waals surface area contributed by atoms with Crippen molar-refractivity contribution in [2.75, 3.05) is 13.2 Å². The summed E-state index contributed by atoms with van der Waals surface area (Å²) in [5, 5.41) is 10.4. The van der Waals surface area contributed by atoms with E-state index in [0.29, 0.717) is 32.6 Å². The second-order valence-corrected chi connectivity index (χ2v) is 4.05. The molecule has 0 radical (unpaired) electrons. The van der Waals surface area contributed by atoms with Crippen molar-refractivity contribution in [1.82, 2.24) is 0 Å². The molecule has 0 unspecified atom stereocenters. The monoisotopic (exact) mass is 207 g/mol. The normalized spacial score (nSPS) is 20.1. The van der Waals surface area contributed by atoms with Gasteiger partial charge in [-0.1, -0.05) is 24.3 Å². The van der Waals surface area contributed by atoms with Crippen molar-refractivity contribution in [1.29, 1.82) is 0 Å². The van der Waals surface area contributed by atoms with Crippen LogP contribution in [0.25, 0.3) is 0 Å². The van der Waals surface area contributed by atoms with E-state index in [4.69, 9.17) is 10.5 Å². The molecule has 0 bridgehead atoms. The lowest BCUT2D eigenvalue weighted by molar-refractivity contribution is -0.0679. The van der Waals surface area contributed by atoms with Crippen LogP contribution in [0.1, 0.15) is 24.0 Å². The number of hydrogen-bond acceptors (Lipinski definition) is 3. The fourth-order valence-electron chi connectivity index (χ4n) is 1.99. The van der Waals surface area contributed by atoms with Gasteiger partial charge in [0.25, 0.3) is 0 Å². The van der Waals surface area contributed by atoms with Crippen LogP contribution in [0.3, 0.4) is 0 Å². The molecule has 15 heavy (non-hydrogen) atoms. The molecule has 0 aromatic heterocycles. The van der Waals surface area contributed by atoms with Gasteiger partial charge in [-0.3, -0.25) is 0 Å². The third kappa shape index (κ3) is 2.20. The smallest absolute Gasteiger partial charge is 0.0940 e. The molecule has 1 heterocycles. The van der Waals surface area contributed by atoms with Crippen molar-refractivity contribution in [2.45, 2.75) is 25.0 Å². The van der Waals surface area contributed by atoms with Gasteiger partial charge in [-0.15, -0.1) is 0 Å². The van der Waals surface area contributed by atoms with Crippen LogP contribution in [0.4, 0.5) is 0 Å². The SMILES string of the molecule is NCc1cccc(C2(O)CCOCC2)c1. The van der Waals surface area contributed by atoms with Crippen LogP contribution in [-0.4, -0.2) is 18.3 Å². The summed E-state index contributed by atoms with van der Waals surface area (Å²) >= 11 is 0. The molecule has 3 N–H and O–H groups in total. The van der Waals surface area contributed by atoms with Crippen molar-refractivity contribution < 1.29 is 9.84 Å². The van der Waals surface area contributed by atoms with E-state index in [9.17, 15) is 5.11 Å². The summed E-state index contributed by atoms with van der Waals surface area (Å²) in [5.41, 5.74) is 6.90. The summed E-state index contributed by atoms with van der Waals surface area (Å²) in [5.74, 6) is 0. The Morgan fingerprint density at radius 1 is 1.33 bits per heavy atom.